The van der Waals surface area contributed by atoms with E-state index in [1.807, 2.05) is 6.07 Å². The molecule has 4 heteroatoms. The fourth-order valence-corrected chi connectivity index (χ4v) is 2.31. The fraction of sp³-hybridized carbons (Fsp3) is 0.500. The van der Waals surface area contributed by atoms with E-state index in [4.69, 9.17) is 27.9 Å². The van der Waals surface area contributed by atoms with Crippen LogP contribution in [0.5, 0.6) is 5.75 Å². The van der Waals surface area contributed by atoms with Gasteiger partial charge in [-0.05, 0) is 50.6 Å². The van der Waals surface area contributed by atoms with Crippen molar-refractivity contribution in [3.63, 3.8) is 0 Å². The van der Waals surface area contributed by atoms with E-state index in [1.54, 1.807) is 12.1 Å². The molecule has 1 aromatic carbocycles. The minimum absolute atomic E-state index is 0.258. The van der Waals surface area contributed by atoms with Gasteiger partial charge >= 0.3 is 0 Å². The number of hydrogen-bond donors (Lipinski definition) is 1. The highest BCUT2D eigenvalue weighted by molar-refractivity contribution is 6.35. The molecule has 2 nitrogen and oxygen atoms in total. The van der Waals surface area contributed by atoms with E-state index in [-0.39, 0.29) is 6.10 Å². The van der Waals surface area contributed by atoms with Crippen LogP contribution in [-0.2, 0) is 0 Å². The molecule has 0 saturated carbocycles. The Hall–Kier alpha value is -0.440. The summed E-state index contributed by atoms with van der Waals surface area (Å²) < 4.78 is 5.89. The van der Waals surface area contributed by atoms with E-state index >= 15 is 0 Å². The largest absolute Gasteiger partial charge is 0.489 e. The topological polar surface area (TPSA) is 21.3 Å². The van der Waals surface area contributed by atoms with Crippen LogP contribution < -0.4 is 10.1 Å². The van der Waals surface area contributed by atoms with Crippen LogP contribution in [-0.4, -0.2) is 19.2 Å². The second kappa shape index (κ2) is 5.76. The van der Waals surface area contributed by atoms with Crippen molar-refractivity contribution in [2.45, 2.75) is 25.4 Å². The highest BCUT2D eigenvalue weighted by Crippen LogP contribution is 2.29. The van der Waals surface area contributed by atoms with E-state index in [1.165, 1.54) is 0 Å². The molecule has 2 rings (SSSR count). The predicted molar refractivity (Wildman–Crippen MR) is 67.6 cm³/mol. The number of halogens is 2. The molecule has 1 atom stereocenters. The molecular formula is C12H15Cl2NO. The lowest BCUT2D eigenvalue weighted by atomic mass is 10.1. The molecule has 16 heavy (non-hydrogen) atoms. The number of rotatable bonds is 2. The molecule has 1 aliphatic rings. The standard InChI is InChI=1S/C12H15Cl2NO/c13-9-3-4-12(11(14)8-9)16-10-2-1-6-15-7-5-10/h3-4,8,10,15H,1-2,5-7H2. The van der Waals surface area contributed by atoms with Gasteiger partial charge in [-0.2, -0.15) is 0 Å². The molecule has 0 spiro atoms. The minimum atomic E-state index is 0.258. The summed E-state index contributed by atoms with van der Waals surface area (Å²) in [5.41, 5.74) is 0. The van der Waals surface area contributed by atoms with Gasteiger partial charge in [-0.1, -0.05) is 23.2 Å². The third-order valence-corrected chi connectivity index (χ3v) is 3.24. The zero-order valence-corrected chi connectivity index (χ0v) is 10.5. The maximum Gasteiger partial charge on any atom is 0.138 e. The lowest BCUT2D eigenvalue weighted by molar-refractivity contribution is 0.187. The Morgan fingerprint density at radius 1 is 1.19 bits per heavy atom. The van der Waals surface area contributed by atoms with Crippen molar-refractivity contribution in [3.05, 3.63) is 28.2 Å². The summed E-state index contributed by atoms with van der Waals surface area (Å²) in [7, 11) is 0. The average Bonchev–Trinajstić information content (AvgIpc) is 2.51. The van der Waals surface area contributed by atoms with Crippen LogP contribution in [0.2, 0.25) is 10.0 Å². The SMILES string of the molecule is Clc1ccc(OC2CCCNCC2)c(Cl)c1. The van der Waals surface area contributed by atoms with Crippen molar-refractivity contribution in [1.82, 2.24) is 5.32 Å². The van der Waals surface area contributed by atoms with Gasteiger partial charge in [-0.25, -0.2) is 0 Å². The van der Waals surface area contributed by atoms with Gasteiger partial charge in [0, 0.05) is 5.02 Å². The van der Waals surface area contributed by atoms with Crippen molar-refractivity contribution in [2.75, 3.05) is 13.1 Å². The van der Waals surface area contributed by atoms with Gasteiger partial charge in [-0.15, -0.1) is 0 Å². The second-order valence-electron chi connectivity index (χ2n) is 4.00. The summed E-state index contributed by atoms with van der Waals surface area (Å²) in [6.07, 6.45) is 3.51. The van der Waals surface area contributed by atoms with Gasteiger partial charge in [-0.3, -0.25) is 0 Å². The molecule has 88 valence electrons. The van der Waals surface area contributed by atoms with Crippen molar-refractivity contribution >= 4 is 23.2 Å². The third-order valence-electron chi connectivity index (χ3n) is 2.71. The average molecular weight is 260 g/mol. The second-order valence-corrected chi connectivity index (χ2v) is 4.84. The zero-order chi connectivity index (χ0) is 11.4. The first kappa shape index (κ1) is 12.0. The monoisotopic (exact) mass is 259 g/mol. The van der Waals surface area contributed by atoms with Gasteiger partial charge in [0.25, 0.3) is 0 Å². The lowest BCUT2D eigenvalue weighted by Gasteiger charge is -2.17. The number of ether oxygens (including phenoxy) is 1. The van der Waals surface area contributed by atoms with Crippen molar-refractivity contribution < 1.29 is 4.74 Å². The van der Waals surface area contributed by atoms with Crippen molar-refractivity contribution in [1.29, 1.82) is 0 Å². The van der Waals surface area contributed by atoms with Gasteiger partial charge < -0.3 is 10.1 Å². The van der Waals surface area contributed by atoms with Gasteiger partial charge in [0.05, 0.1) is 5.02 Å². The molecule has 1 heterocycles. The molecule has 1 aromatic rings. The summed E-state index contributed by atoms with van der Waals surface area (Å²) in [4.78, 5) is 0. The first-order chi connectivity index (χ1) is 7.75. The minimum Gasteiger partial charge on any atom is -0.489 e. The Morgan fingerprint density at radius 3 is 2.88 bits per heavy atom. The smallest absolute Gasteiger partial charge is 0.138 e. The first-order valence-corrected chi connectivity index (χ1v) is 6.34. The molecule has 0 aromatic heterocycles. The van der Waals surface area contributed by atoms with Crippen LogP contribution in [0.3, 0.4) is 0 Å². The van der Waals surface area contributed by atoms with Gasteiger partial charge in [0.1, 0.15) is 11.9 Å². The van der Waals surface area contributed by atoms with E-state index < -0.39 is 0 Å². The fourth-order valence-electron chi connectivity index (χ4n) is 1.86. The highest BCUT2D eigenvalue weighted by Gasteiger charge is 2.14. The van der Waals surface area contributed by atoms with Crippen LogP contribution in [0.15, 0.2) is 18.2 Å². The molecule has 1 unspecified atom stereocenters. The number of nitrogens with one attached hydrogen (secondary N) is 1. The molecular weight excluding hydrogens is 245 g/mol. The summed E-state index contributed by atoms with van der Waals surface area (Å²) >= 11 is 11.9. The number of hydrogen-bond acceptors (Lipinski definition) is 2. The molecule has 1 aliphatic heterocycles. The summed E-state index contributed by atoms with van der Waals surface area (Å²) in [6.45, 7) is 2.09. The van der Waals surface area contributed by atoms with E-state index in [9.17, 15) is 0 Å². The van der Waals surface area contributed by atoms with Gasteiger partial charge in [0.2, 0.25) is 0 Å². The highest BCUT2D eigenvalue weighted by atomic mass is 35.5. The van der Waals surface area contributed by atoms with Gasteiger partial charge in [0.15, 0.2) is 0 Å². The Kier molecular flexibility index (Phi) is 4.33. The van der Waals surface area contributed by atoms with Crippen molar-refractivity contribution in [3.8, 4) is 5.75 Å². The Labute approximate surface area is 106 Å². The molecule has 0 radical (unpaired) electrons. The predicted octanol–water partition coefficient (Wildman–Crippen LogP) is 3.51. The van der Waals surface area contributed by atoms with Crippen LogP contribution in [0.4, 0.5) is 0 Å². The van der Waals surface area contributed by atoms with Crippen LogP contribution >= 0.6 is 23.2 Å². The van der Waals surface area contributed by atoms with Crippen molar-refractivity contribution in [2.24, 2.45) is 0 Å². The molecule has 1 saturated heterocycles. The third kappa shape index (κ3) is 3.27. The lowest BCUT2D eigenvalue weighted by Crippen LogP contribution is -2.19. The van der Waals surface area contributed by atoms with E-state index in [0.29, 0.717) is 10.0 Å². The molecule has 0 amide bonds. The summed E-state index contributed by atoms with van der Waals surface area (Å²) in [5, 5.41) is 4.58. The van der Waals surface area contributed by atoms with E-state index in [0.717, 1.165) is 38.1 Å². The molecule has 0 bridgehead atoms. The zero-order valence-electron chi connectivity index (χ0n) is 9.01. The van der Waals surface area contributed by atoms with Crippen LogP contribution in [0.25, 0.3) is 0 Å². The normalized spacial score (nSPS) is 21.5. The Balaban J connectivity index is 2.01. The summed E-state index contributed by atoms with van der Waals surface area (Å²) in [5.74, 6) is 0.734. The maximum absolute atomic E-state index is 6.06. The van der Waals surface area contributed by atoms with E-state index in [2.05, 4.69) is 5.32 Å². The number of benzene rings is 1. The molecule has 1 fully saturated rings. The summed E-state index contributed by atoms with van der Waals surface area (Å²) in [6, 6.07) is 5.36. The Bertz CT molecular complexity index is 349. The first-order valence-electron chi connectivity index (χ1n) is 5.58. The van der Waals surface area contributed by atoms with Crippen LogP contribution in [0, 0.1) is 0 Å². The quantitative estimate of drug-likeness (QED) is 0.878. The van der Waals surface area contributed by atoms with Crippen LogP contribution in [0.1, 0.15) is 19.3 Å². The molecule has 1 N–H and O–H groups in total. The maximum atomic E-state index is 6.06. The molecule has 0 aliphatic carbocycles. The Morgan fingerprint density at radius 2 is 2.06 bits per heavy atom.